The van der Waals surface area contributed by atoms with Crippen molar-refractivity contribution in [2.24, 2.45) is 0 Å². The van der Waals surface area contributed by atoms with Gasteiger partial charge in [0.2, 0.25) is 5.91 Å². The Morgan fingerprint density at radius 1 is 1.13 bits per heavy atom. The highest BCUT2D eigenvalue weighted by Gasteiger charge is 2.30. The fourth-order valence-electron chi connectivity index (χ4n) is 4.24. The molecule has 1 aliphatic rings. The van der Waals surface area contributed by atoms with E-state index >= 15 is 0 Å². The second-order valence-electron chi connectivity index (χ2n) is 7.98. The number of nitrogens with one attached hydrogen (secondary N) is 2. The fraction of sp³-hybridized carbons (Fsp3) is 0.333. The van der Waals surface area contributed by atoms with Crippen molar-refractivity contribution in [2.45, 2.75) is 44.7 Å². The topological polar surface area (TPSA) is 65.2 Å². The first-order valence-corrected chi connectivity index (χ1v) is 10.4. The number of benzene rings is 2. The quantitative estimate of drug-likeness (QED) is 0.654. The maximum atomic E-state index is 14.3. The summed E-state index contributed by atoms with van der Waals surface area (Å²) in [6.07, 6.45) is 4.74. The van der Waals surface area contributed by atoms with E-state index in [1.165, 1.54) is 6.07 Å². The number of hydrogen-bond acceptors (Lipinski definition) is 2. The summed E-state index contributed by atoms with van der Waals surface area (Å²) in [5, 5.41) is 3.84. The minimum atomic E-state index is -0.293. The van der Waals surface area contributed by atoms with Gasteiger partial charge in [0.05, 0.1) is 5.52 Å². The van der Waals surface area contributed by atoms with Gasteiger partial charge >= 0.3 is 0 Å². The molecule has 4 rings (SSSR count). The first kappa shape index (κ1) is 20.1. The standard InChI is InChI=1S/C24H26FN3O2/c1-3-22(29)27-19-8-9-20(14-19)28(2)24(30)16-6-4-15(5-7-16)18-12-17-10-11-26-23(17)21(25)13-18/h4-7,10-13,19-20,26H,3,8-9,14H2,1-2H3,(H,27,29). The number of rotatable bonds is 5. The van der Waals surface area contributed by atoms with Gasteiger partial charge in [0.15, 0.2) is 0 Å². The van der Waals surface area contributed by atoms with Crippen LogP contribution in [0.1, 0.15) is 43.0 Å². The van der Waals surface area contributed by atoms with E-state index < -0.39 is 0 Å². The van der Waals surface area contributed by atoms with Crippen molar-refractivity contribution in [1.29, 1.82) is 0 Å². The van der Waals surface area contributed by atoms with E-state index in [1.54, 1.807) is 23.2 Å². The SMILES string of the molecule is CCC(=O)NC1CCC(N(C)C(=O)c2ccc(-c3cc(F)c4[nH]ccc4c3)cc2)C1. The maximum absolute atomic E-state index is 14.3. The zero-order valence-corrected chi connectivity index (χ0v) is 17.2. The Morgan fingerprint density at radius 3 is 2.63 bits per heavy atom. The molecule has 3 aromatic rings. The van der Waals surface area contributed by atoms with Crippen molar-refractivity contribution < 1.29 is 14.0 Å². The van der Waals surface area contributed by atoms with Gasteiger partial charge < -0.3 is 15.2 Å². The van der Waals surface area contributed by atoms with E-state index in [1.807, 2.05) is 38.2 Å². The van der Waals surface area contributed by atoms with Crippen LogP contribution in [0.4, 0.5) is 4.39 Å². The van der Waals surface area contributed by atoms with Crippen molar-refractivity contribution in [3.63, 3.8) is 0 Å². The monoisotopic (exact) mass is 407 g/mol. The Bertz CT molecular complexity index is 1070. The molecule has 5 nitrogen and oxygen atoms in total. The summed E-state index contributed by atoms with van der Waals surface area (Å²) in [4.78, 5) is 29.2. The molecule has 0 saturated heterocycles. The molecule has 1 aromatic heterocycles. The molecule has 2 aromatic carbocycles. The minimum Gasteiger partial charge on any atom is -0.359 e. The summed E-state index contributed by atoms with van der Waals surface area (Å²) in [6, 6.07) is 12.8. The number of fused-ring (bicyclic) bond motifs is 1. The Balaban J connectivity index is 1.45. The van der Waals surface area contributed by atoms with Crippen molar-refractivity contribution in [1.82, 2.24) is 15.2 Å². The zero-order chi connectivity index (χ0) is 21.3. The van der Waals surface area contributed by atoms with Crippen molar-refractivity contribution in [2.75, 3.05) is 7.05 Å². The van der Waals surface area contributed by atoms with Crippen LogP contribution in [0, 0.1) is 5.82 Å². The number of nitrogens with zero attached hydrogens (tertiary/aromatic N) is 1. The first-order chi connectivity index (χ1) is 14.5. The molecule has 1 heterocycles. The van der Waals surface area contributed by atoms with Gasteiger partial charge in [0.1, 0.15) is 5.82 Å². The summed E-state index contributed by atoms with van der Waals surface area (Å²) < 4.78 is 14.3. The number of carbonyl (C=O) groups excluding carboxylic acids is 2. The molecule has 1 aliphatic carbocycles. The molecule has 156 valence electrons. The Labute approximate surface area is 175 Å². The van der Waals surface area contributed by atoms with Crippen molar-refractivity contribution in [3.8, 4) is 11.1 Å². The van der Waals surface area contributed by atoms with Gasteiger partial charge in [0, 0.05) is 42.7 Å². The molecule has 2 N–H and O–H groups in total. The van der Waals surface area contributed by atoms with E-state index in [-0.39, 0.29) is 29.7 Å². The van der Waals surface area contributed by atoms with E-state index in [9.17, 15) is 14.0 Å². The lowest BCUT2D eigenvalue weighted by molar-refractivity contribution is -0.121. The first-order valence-electron chi connectivity index (χ1n) is 10.4. The maximum Gasteiger partial charge on any atom is 0.253 e. The second kappa shape index (κ2) is 8.30. The van der Waals surface area contributed by atoms with Crippen LogP contribution in [0.3, 0.4) is 0 Å². The fourth-order valence-corrected chi connectivity index (χ4v) is 4.24. The average molecular weight is 407 g/mol. The second-order valence-corrected chi connectivity index (χ2v) is 7.98. The summed E-state index contributed by atoms with van der Waals surface area (Å²) in [5.41, 5.74) is 2.74. The Morgan fingerprint density at radius 2 is 1.90 bits per heavy atom. The van der Waals surface area contributed by atoms with Crippen LogP contribution in [-0.2, 0) is 4.79 Å². The molecular weight excluding hydrogens is 381 g/mol. The lowest BCUT2D eigenvalue weighted by Gasteiger charge is -2.25. The molecule has 6 heteroatoms. The van der Waals surface area contributed by atoms with Crippen LogP contribution in [0.25, 0.3) is 22.0 Å². The predicted octanol–water partition coefficient (Wildman–Crippen LogP) is 4.49. The molecule has 0 radical (unpaired) electrons. The molecule has 0 aliphatic heterocycles. The number of H-pyrrole nitrogens is 1. The van der Waals surface area contributed by atoms with Crippen LogP contribution >= 0.6 is 0 Å². The highest BCUT2D eigenvalue weighted by Crippen LogP contribution is 2.28. The highest BCUT2D eigenvalue weighted by molar-refractivity contribution is 5.95. The third-order valence-electron chi connectivity index (χ3n) is 6.04. The van der Waals surface area contributed by atoms with Crippen LogP contribution in [0.15, 0.2) is 48.7 Å². The molecule has 1 fully saturated rings. The van der Waals surface area contributed by atoms with Crippen LogP contribution in [-0.4, -0.2) is 40.8 Å². The van der Waals surface area contributed by atoms with Gasteiger partial charge in [-0.25, -0.2) is 4.39 Å². The molecular formula is C24H26FN3O2. The molecule has 1 saturated carbocycles. The number of hydrogen-bond donors (Lipinski definition) is 2. The lowest BCUT2D eigenvalue weighted by Crippen LogP contribution is -2.38. The molecule has 2 unspecified atom stereocenters. The molecule has 30 heavy (non-hydrogen) atoms. The van der Waals surface area contributed by atoms with Crippen molar-refractivity contribution in [3.05, 3.63) is 60.0 Å². The zero-order valence-electron chi connectivity index (χ0n) is 17.2. The number of carbonyl (C=O) groups is 2. The van der Waals surface area contributed by atoms with E-state index in [2.05, 4.69) is 10.3 Å². The average Bonchev–Trinajstić information content (AvgIpc) is 3.42. The van der Waals surface area contributed by atoms with Crippen molar-refractivity contribution >= 4 is 22.7 Å². The number of aromatic nitrogens is 1. The third-order valence-corrected chi connectivity index (χ3v) is 6.04. The highest BCUT2D eigenvalue weighted by atomic mass is 19.1. The molecule has 0 bridgehead atoms. The van der Waals surface area contributed by atoms with Crippen LogP contribution in [0.2, 0.25) is 0 Å². The summed E-state index contributed by atoms with van der Waals surface area (Å²) in [6.45, 7) is 1.84. The third kappa shape index (κ3) is 3.95. The Kier molecular flexibility index (Phi) is 5.57. The van der Waals surface area contributed by atoms with Gasteiger partial charge in [0.25, 0.3) is 5.91 Å². The minimum absolute atomic E-state index is 0.0405. The molecule has 2 atom stereocenters. The summed E-state index contributed by atoms with van der Waals surface area (Å²) in [7, 11) is 1.82. The van der Waals surface area contributed by atoms with Crippen LogP contribution in [0.5, 0.6) is 0 Å². The number of aromatic amines is 1. The van der Waals surface area contributed by atoms with E-state index in [0.29, 0.717) is 17.5 Å². The largest absolute Gasteiger partial charge is 0.359 e. The molecule has 0 spiro atoms. The normalized spacial score (nSPS) is 18.5. The van der Waals surface area contributed by atoms with E-state index in [4.69, 9.17) is 0 Å². The van der Waals surface area contributed by atoms with Gasteiger partial charge in [-0.1, -0.05) is 19.1 Å². The van der Waals surface area contributed by atoms with Gasteiger partial charge in [-0.3, -0.25) is 9.59 Å². The number of amides is 2. The number of halogens is 1. The summed E-state index contributed by atoms with van der Waals surface area (Å²) >= 11 is 0. The van der Waals surface area contributed by atoms with Gasteiger partial charge in [-0.15, -0.1) is 0 Å². The summed E-state index contributed by atoms with van der Waals surface area (Å²) in [5.74, 6) is -0.279. The molecule has 2 amide bonds. The van der Waals surface area contributed by atoms with E-state index in [0.717, 1.165) is 35.8 Å². The Hall–Kier alpha value is -3.15. The lowest BCUT2D eigenvalue weighted by atomic mass is 10.0. The predicted molar refractivity (Wildman–Crippen MR) is 116 cm³/mol. The smallest absolute Gasteiger partial charge is 0.253 e. The van der Waals surface area contributed by atoms with Gasteiger partial charge in [-0.2, -0.15) is 0 Å². The van der Waals surface area contributed by atoms with Crippen LogP contribution < -0.4 is 5.32 Å². The van der Waals surface area contributed by atoms with Gasteiger partial charge in [-0.05, 0) is 60.7 Å².